The largest absolute Gasteiger partial charge is 0.460 e. The second-order valence-electron chi connectivity index (χ2n) is 11.2. The van der Waals surface area contributed by atoms with Crippen molar-refractivity contribution in [3.63, 3.8) is 0 Å². The summed E-state index contributed by atoms with van der Waals surface area (Å²) in [5.74, 6) is -3.78. The van der Waals surface area contributed by atoms with Gasteiger partial charge in [0.05, 0.1) is 11.5 Å². The number of carbonyl (C=O) groups excluding carboxylic acids is 2. The fourth-order valence-electron chi connectivity index (χ4n) is 4.89. The highest BCUT2D eigenvalue weighted by atomic mass is 32.1. The molecule has 3 rings (SSSR count). The first-order valence-corrected chi connectivity index (χ1v) is 11.5. The van der Waals surface area contributed by atoms with Gasteiger partial charge >= 0.3 is 11.9 Å². The molecule has 0 unspecified atom stereocenters. The molecule has 0 radical (unpaired) electrons. The maximum Gasteiger partial charge on any atom is 0.313 e. The zero-order chi connectivity index (χ0) is 24.8. The number of benzene rings is 1. The highest BCUT2D eigenvalue weighted by Crippen LogP contribution is 2.52. The minimum absolute atomic E-state index is 0.00426. The Bertz CT molecular complexity index is 922. The molecule has 1 saturated carbocycles. The summed E-state index contributed by atoms with van der Waals surface area (Å²) in [7, 11) is 0. The second kappa shape index (κ2) is 8.52. The molecule has 1 aromatic carbocycles. The SMILES string of the molecule is CC(C)(C)OC(=O)[C@@H]1[C@H](c2ccccc2)[C@H](C(=O)OC(C)(C)C)[C@](C)(O)C[C@@]12NNC(=S)N2. The van der Waals surface area contributed by atoms with E-state index in [0.29, 0.717) is 10.7 Å². The van der Waals surface area contributed by atoms with E-state index in [2.05, 4.69) is 16.2 Å². The number of hydrogen-bond acceptors (Lipinski definition) is 7. The molecule has 2 fully saturated rings. The number of aliphatic hydroxyl groups is 1. The van der Waals surface area contributed by atoms with Gasteiger partial charge in [-0.3, -0.25) is 15.0 Å². The lowest BCUT2D eigenvalue weighted by Gasteiger charge is -2.53. The van der Waals surface area contributed by atoms with Gasteiger partial charge < -0.3 is 19.9 Å². The van der Waals surface area contributed by atoms with Crippen LogP contribution in [-0.4, -0.2) is 44.6 Å². The van der Waals surface area contributed by atoms with Crippen LogP contribution in [0.15, 0.2) is 30.3 Å². The molecule has 5 atom stereocenters. The van der Waals surface area contributed by atoms with Gasteiger partial charge in [0.25, 0.3) is 0 Å². The Kier molecular flexibility index (Phi) is 6.56. The van der Waals surface area contributed by atoms with Crippen molar-refractivity contribution in [2.75, 3.05) is 0 Å². The van der Waals surface area contributed by atoms with Crippen LogP contribution in [0, 0.1) is 11.8 Å². The predicted octanol–water partition coefficient (Wildman–Crippen LogP) is 2.52. The van der Waals surface area contributed by atoms with Gasteiger partial charge in [0, 0.05) is 12.3 Å². The topological polar surface area (TPSA) is 109 Å². The molecule has 1 aliphatic carbocycles. The van der Waals surface area contributed by atoms with Gasteiger partial charge in [-0.15, -0.1) is 0 Å². The lowest BCUT2D eigenvalue weighted by Crippen LogP contribution is -2.70. The summed E-state index contributed by atoms with van der Waals surface area (Å²) in [6, 6.07) is 9.21. The molecule has 8 nitrogen and oxygen atoms in total. The minimum atomic E-state index is -1.54. The van der Waals surface area contributed by atoms with E-state index < -0.39 is 52.2 Å². The van der Waals surface area contributed by atoms with Gasteiger partial charge in [0.1, 0.15) is 22.8 Å². The van der Waals surface area contributed by atoms with Crippen molar-refractivity contribution < 1.29 is 24.2 Å². The lowest BCUT2D eigenvalue weighted by molar-refractivity contribution is -0.190. The van der Waals surface area contributed by atoms with Crippen molar-refractivity contribution in [2.24, 2.45) is 11.8 Å². The van der Waals surface area contributed by atoms with Crippen LogP contribution >= 0.6 is 12.2 Å². The molecule has 1 spiro atoms. The zero-order valence-corrected chi connectivity index (χ0v) is 21.1. The Labute approximate surface area is 200 Å². The maximum atomic E-state index is 13.7. The van der Waals surface area contributed by atoms with E-state index in [9.17, 15) is 14.7 Å². The number of thiocarbonyl (C=S) groups is 1. The van der Waals surface area contributed by atoms with E-state index in [1.165, 1.54) is 0 Å². The number of hydrazine groups is 1. The van der Waals surface area contributed by atoms with Crippen molar-refractivity contribution in [1.29, 1.82) is 0 Å². The zero-order valence-electron chi connectivity index (χ0n) is 20.3. The Hall–Kier alpha value is -2.23. The van der Waals surface area contributed by atoms with Crippen LogP contribution < -0.4 is 16.2 Å². The van der Waals surface area contributed by atoms with Gasteiger partial charge in [0.15, 0.2) is 5.11 Å². The molecule has 0 aromatic heterocycles. The molecule has 1 aromatic rings. The third kappa shape index (κ3) is 5.47. The van der Waals surface area contributed by atoms with E-state index in [1.807, 2.05) is 30.3 Å². The molecule has 1 aliphatic heterocycles. The average Bonchev–Trinajstić information content (AvgIpc) is 2.98. The predicted molar refractivity (Wildman–Crippen MR) is 128 cm³/mol. The Morgan fingerprint density at radius 1 is 1.00 bits per heavy atom. The first-order valence-electron chi connectivity index (χ1n) is 11.1. The van der Waals surface area contributed by atoms with Crippen molar-refractivity contribution >= 4 is 29.3 Å². The van der Waals surface area contributed by atoms with Gasteiger partial charge in [-0.05, 0) is 66.2 Å². The number of rotatable bonds is 3. The van der Waals surface area contributed by atoms with Crippen LogP contribution in [0.1, 0.15) is 66.4 Å². The molecule has 9 heteroatoms. The molecule has 0 amide bonds. The van der Waals surface area contributed by atoms with E-state index in [4.69, 9.17) is 21.7 Å². The van der Waals surface area contributed by atoms with Crippen LogP contribution in [0.5, 0.6) is 0 Å². The normalized spacial score (nSPS) is 32.1. The smallest absolute Gasteiger partial charge is 0.313 e. The number of esters is 2. The highest BCUT2D eigenvalue weighted by molar-refractivity contribution is 7.80. The summed E-state index contributed by atoms with van der Waals surface area (Å²) >= 11 is 5.29. The molecular formula is C24H35N3O5S. The fourth-order valence-corrected chi connectivity index (χ4v) is 5.12. The van der Waals surface area contributed by atoms with Crippen LogP contribution in [0.25, 0.3) is 0 Å². The lowest BCUT2D eigenvalue weighted by atomic mass is 9.58. The molecule has 2 aliphatic rings. The summed E-state index contributed by atoms with van der Waals surface area (Å²) in [5, 5.41) is 15.1. The summed E-state index contributed by atoms with van der Waals surface area (Å²) < 4.78 is 11.6. The van der Waals surface area contributed by atoms with Crippen molar-refractivity contribution in [3.8, 4) is 0 Å². The van der Waals surface area contributed by atoms with Gasteiger partial charge in [0.2, 0.25) is 0 Å². The second-order valence-corrected chi connectivity index (χ2v) is 11.6. The maximum absolute atomic E-state index is 13.7. The van der Waals surface area contributed by atoms with Crippen molar-refractivity contribution in [3.05, 3.63) is 35.9 Å². The van der Waals surface area contributed by atoms with Crippen LogP contribution in [0.4, 0.5) is 0 Å². The number of ether oxygens (including phenoxy) is 2. The fraction of sp³-hybridized carbons (Fsp3) is 0.625. The Morgan fingerprint density at radius 3 is 1.97 bits per heavy atom. The standard InChI is InChI=1S/C24H35N3O5S/c1-21(2,3)31-18(28)16-15(14-11-9-8-10-12-14)17(19(29)32-22(4,5)6)24(13-23(16,7)30)25-20(33)26-27-24/h8-12,15-17,27,30H,13H2,1-7H3,(H2,25,26,33)/t15-,16-,17+,23-,24-/m1/s1. The number of carbonyl (C=O) groups is 2. The van der Waals surface area contributed by atoms with Crippen molar-refractivity contribution in [2.45, 2.75) is 83.3 Å². The molecule has 4 N–H and O–H groups in total. The van der Waals surface area contributed by atoms with E-state index in [-0.39, 0.29) is 6.42 Å². The van der Waals surface area contributed by atoms with Crippen LogP contribution in [0.3, 0.4) is 0 Å². The third-order valence-electron chi connectivity index (χ3n) is 5.80. The highest BCUT2D eigenvalue weighted by Gasteiger charge is 2.65. The Balaban J connectivity index is 2.21. The molecule has 0 bridgehead atoms. The van der Waals surface area contributed by atoms with Gasteiger partial charge in [-0.1, -0.05) is 30.3 Å². The summed E-state index contributed by atoms with van der Waals surface area (Å²) in [4.78, 5) is 27.2. The summed E-state index contributed by atoms with van der Waals surface area (Å²) in [6.07, 6.45) is 0.00426. The van der Waals surface area contributed by atoms with E-state index in [0.717, 1.165) is 0 Å². The Morgan fingerprint density at radius 2 is 1.52 bits per heavy atom. The molecule has 1 saturated heterocycles. The van der Waals surface area contributed by atoms with Gasteiger partial charge in [-0.25, -0.2) is 5.43 Å². The monoisotopic (exact) mass is 477 g/mol. The van der Waals surface area contributed by atoms with E-state index in [1.54, 1.807) is 48.5 Å². The summed E-state index contributed by atoms with van der Waals surface area (Å²) in [5.41, 5.74) is 2.41. The minimum Gasteiger partial charge on any atom is -0.460 e. The molecule has 1 heterocycles. The number of nitrogens with one attached hydrogen (secondary N) is 3. The first-order chi connectivity index (χ1) is 15.0. The van der Waals surface area contributed by atoms with Crippen LogP contribution in [0.2, 0.25) is 0 Å². The summed E-state index contributed by atoms with van der Waals surface area (Å²) in [6.45, 7) is 12.3. The average molecular weight is 478 g/mol. The van der Waals surface area contributed by atoms with E-state index >= 15 is 0 Å². The number of hydrogen-bond donors (Lipinski definition) is 4. The third-order valence-corrected chi connectivity index (χ3v) is 6.00. The van der Waals surface area contributed by atoms with Crippen molar-refractivity contribution in [1.82, 2.24) is 16.2 Å². The quantitative estimate of drug-likeness (QED) is 0.386. The van der Waals surface area contributed by atoms with Crippen LogP contribution in [-0.2, 0) is 19.1 Å². The first kappa shape index (κ1) is 25.4. The van der Waals surface area contributed by atoms with Gasteiger partial charge in [-0.2, -0.15) is 0 Å². The molecular weight excluding hydrogens is 442 g/mol. The molecule has 33 heavy (non-hydrogen) atoms. The molecule has 182 valence electrons.